The first-order valence-corrected chi connectivity index (χ1v) is 7.28. The molecule has 3 heterocycles. The first kappa shape index (κ1) is 12.4. The van der Waals surface area contributed by atoms with Crippen molar-refractivity contribution >= 4 is 16.3 Å². The van der Waals surface area contributed by atoms with Crippen molar-refractivity contribution in [2.75, 3.05) is 6.54 Å². The Kier molecular flexibility index (Phi) is 3.35. The van der Waals surface area contributed by atoms with Gasteiger partial charge in [0.1, 0.15) is 0 Å². The molecule has 0 fully saturated rings. The molecule has 3 aromatic rings. The molecule has 0 amide bonds. The first-order valence-electron chi connectivity index (χ1n) is 6.40. The Balaban J connectivity index is 1.85. The average molecular weight is 275 g/mol. The minimum Gasteiger partial charge on any atom is -0.309 e. The van der Waals surface area contributed by atoms with Gasteiger partial charge in [0.25, 0.3) is 0 Å². The summed E-state index contributed by atoms with van der Waals surface area (Å²) in [5.41, 5.74) is 2.30. The molecule has 1 atom stereocenters. The van der Waals surface area contributed by atoms with Crippen LogP contribution in [0.4, 0.5) is 0 Å². The Hall–Kier alpha value is -1.66. The zero-order valence-electron chi connectivity index (χ0n) is 11.1. The van der Waals surface area contributed by atoms with Gasteiger partial charge in [-0.05, 0) is 12.6 Å². The molecule has 0 aromatic carbocycles. The Morgan fingerprint density at radius 2 is 2.37 bits per heavy atom. The zero-order valence-corrected chi connectivity index (χ0v) is 11.9. The van der Waals surface area contributed by atoms with Crippen LogP contribution in [-0.4, -0.2) is 25.7 Å². The van der Waals surface area contributed by atoms with Crippen LogP contribution in [0.15, 0.2) is 30.0 Å². The van der Waals surface area contributed by atoms with E-state index in [9.17, 15) is 0 Å². The molecule has 100 valence electrons. The van der Waals surface area contributed by atoms with Gasteiger partial charge in [-0.3, -0.25) is 9.08 Å². The molecule has 0 aliphatic heterocycles. The molecule has 0 spiro atoms. The van der Waals surface area contributed by atoms with Gasteiger partial charge in [0.2, 0.25) is 0 Å². The van der Waals surface area contributed by atoms with E-state index in [1.807, 2.05) is 24.1 Å². The predicted octanol–water partition coefficient (Wildman–Crippen LogP) is 2.02. The number of imidazole rings is 1. The molecule has 0 aliphatic rings. The number of likely N-dealkylation sites (N-methyl/N-ethyl adjacent to an activating group) is 1. The van der Waals surface area contributed by atoms with Crippen LogP contribution in [0.25, 0.3) is 4.96 Å². The summed E-state index contributed by atoms with van der Waals surface area (Å²) in [4.78, 5) is 5.70. The Bertz CT molecular complexity index is 637. The maximum absolute atomic E-state index is 4.65. The van der Waals surface area contributed by atoms with E-state index in [1.54, 1.807) is 11.3 Å². The fourth-order valence-electron chi connectivity index (χ4n) is 2.34. The highest BCUT2D eigenvalue weighted by molar-refractivity contribution is 7.15. The third-order valence-corrected chi connectivity index (χ3v) is 3.99. The molecule has 1 N–H and O–H groups in total. The number of aromatic nitrogens is 4. The summed E-state index contributed by atoms with van der Waals surface area (Å²) in [6.07, 6.45) is 6.86. The van der Waals surface area contributed by atoms with Crippen molar-refractivity contribution in [3.8, 4) is 0 Å². The third kappa shape index (κ3) is 2.41. The van der Waals surface area contributed by atoms with Crippen molar-refractivity contribution in [2.24, 2.45) is 7.05 Å². The summed E-state index contributed by atoms with van der Waals surface area (Å²) in [5.74, 6) is 0. The fourth-order valence-corrected chi connectivity index (χ4v) is 3.06. The summed E-state index contributed by atoms with van der Waals surface area (Å²) in [7, 11) is 1.98. The minimum atomic E-state index is 0.252. The average Bonchev–Trinajstić information content (AvgIpc) is 3.03. The Morgan fingerprint density at radius 1 is 1.47 bits per heavy atom. The van der Waals surface area contributed by atoms with Crippen molar-refractivity contribution in [2.45, 2.75) is 19.4 Å². The molecule has 1 unspecified atom stereocenters. The van der Waals surface area contributed by atoms with Crippen LogP contribution in [0.3, 0.4) is 0 Å². The molecule has 0 saturated carbocycles. The number of rotatable bonds is 5. The predicted molar refractivity (Wildman–Crippen MR) is 76.4 cm³/mol. The summed E-state index contributed by atoms with van der Waals surface area (Å²) in [5, 5.41) is 9.80. The van der Waals surface area contributed by atoms with Crippen LogP contribution in [-0.2, 0) is 13.5 Å². The molecule has 0 saturated heterocycles. The van der Waals surface area contributed by atoms with E-state index in [1.165, 1.54) is 5.69 Å². The van der Waals surface area contributed by atoms with Crippen molar-refractivity contribution in [1.82, 2.24) is 24.5 Å². The molecule has 3 aromatic heterocycles. The third-order valence-electron chi connectivity index (χ3n) is 3.22. The molecular formula is C13H17N5S. The summed E-state index contributed by atoms with van der Waals surface area (Å²) >= 11 is 1.66. The number of fused-ring (bicyclic) bond motifs is 1. The summed E-state index contributed by atoms with van der Waals surface area (Å²) in [6, 6.07) is 2.31. The van der Waals surface area contributed by atoms with Gasteiger partial charge in [-0.25, -0.2) is 4.98 Å². The fraction of sp³-hybridized carbons (Fsp3) is 0.385. The van der Waals surface area contributed by atoms with Gasteiger partial charge in [0, 0.05) is 37.4 Å². The molecule has 6 heteroatoms. The van der Waals surface area contributed by atoms with Crippen LogP contribution < -0.4 is 5.32 Å². The topological polar surface area (TPSA) is 47.1 Å². The highest BCUT2D eigenvalue weighted by Crippen LogP contribution is 2.19. The Labute approximate surface area is 115 Å². The molecule has 0 aliphatic carbocycles. The van der Waals surface area contributed by atoms with Gasteiger partial charge in [-0.1, -0.05) is 6.92 Å². The normalized spacial score (nSPS) is 13.2. The van der Waals surface area contributed by atoms with E-state index in [0.29, 0.717) is 0 Å². The largest absolute Gasteiger partial charge is 0.309 e. The highest BCUT2D eigenvalue weighted by atomic mass is 32.1. The van der Waals surface area contributed by atoms with Gasteiger partial charge < -0.3 is 5.32 Å². The second-order valence-corrected chi connectivity index (χ2v) is 5.39. The molecule has 19 heavy (non-hydrogen) atoms. The van der Waals surface area contributed by atoms with Crippen LogP contribution in [0.2, 0.25) is 0 Å². The van der Waals surface area contributed by atoms with E-state index in [2.05, 4.69) is 44.4 Å². The lowest BCUT2D eigenvalue weighted by Gasteiger charge is -2.17. The van der Waals surface area contributed by atoms with Crippen LogP contribution in [0.1, 0.15) is 24.4 Å². The number of hydrogen-bond donors (Lipinski definition) is 1. The lowest BCUT2D eigenvalue weighted by Crippen LogP contribution is -2.25. The number of aryl methyl sites for hydroxylation is 1. The molecule has 5 nitrogen and oxygen atoms in total. The van der Waals surface area contributed by atoms with Crippen molar-refractivity contribution in [3.05, 3.63) is 41.4 Å². The molecular weight excluding hydrogens is 258 g/mol. The van der Waals surface area contributed by atoms with Crippen LogP contribution in [0.5, 0.6) is 0 Å². The number of hydrogen-bond acceptors (Lipinski definition) is 4. The van der Waals surface area contributed by atoms with E-state index >= 15 is 0 Å². The second kappa shape index (κ2) is 5.14. The van der Waals surface area contributed by atoms with Gasteiger partial charge in [-0.15, -0.1) is 11.3 Å². The maximum atomic E-state index is 4.65. The molecule has 3 rings (SSSR count). The monoisotopic (exact) mass is 275 g/mol. The second-order valence-electron chi connectivity index (χ2n) is 4.52. The smallest absolute Gasteiger partial charge is 0.193 e. The lowest BCUT2D eigenvalue weighted by molar-refractivity contribution is 0.504. The maximum Gasteiger partial charge on any atom is 0.193 e. The van der Waals surface area contributed by atoms with Crippen molar-refractivity contribution in [1.29, 1.82) is 0 Å². The summed E-state index contributed by atoms with van der Waals surface area (Å²) < 4.78 is 4.00. The Morgan fingerprint density at radius 3 is 3.05 bits per heavy atom. The summed E-state index contributed by atoms with van der Waals surface area (Å²) in [6.45, 7) is 3.05. The van der Waals surface area contributed by atoms with E-state index < -0.39 is 0 Å². The zero-order chi connectivity index (χ0) is 13.2. The van der Waals surface area contributed by atoms with Crippen LogP contribution in [0, 0.1) is 0 Å². The van der Waals surface area contributed by atoms with Gasteiger partial charge in [0.05, 0.1) is 17.4 Å². The van der Waals surface area contributed by atoms with Gasteiger partial charge in [-0.2, -0.15) is 5.10 Å². The van der Waals surface area contributed by atoms with E-state index in [-0.39, 0.29) is 6.04 Å². The number of thiazole rings is 1. The van der Waals surface area contributed by atoms with E-state index in [0.717, 1.165) is 23.6 Å². The van der Waals surface area contributed by atoms with Gasteiger partial charge >= 0.3 is 0 Å². The number of nitrogens with zero attached hydrogens (tertiary/aromatic N) is 4. The standard InChI is InChI=1S/C13H17N5S/c1-3-14-11(12-4-5-15-17(12)2)8-10-9-18-6-7-19-13(18)16-10/h4-7,9,11,14H,3,8H2,1-2H3. The van der Waals surface area contributed by atoms with Crippen molar-refractivity contribution < 1.29 is 0 Å². The van der Waals surface area contributed by atoms with Crippen LogP contribution >= 0.6 is 11.3 Å². The van der Waals surface area contributed by atoms with Gasteiger partial charge in [0.15, 0.2) is 4.96 Å². The molecule has 0 bridgehead atoms. The van der Waals surface area contributed by atoms with Crippen molar-refractivity contribution in [3.63, 3.8) is 0 Å². The van der Waals surface area contributed by atoms with E-state index in [4.69, 9.17) is 0 Å². The number of nitrogens with one attached hydrogen (secondary N) is 1. The minimum absolute atomic E-state index is 0.252. The first-order chi connectivity index (χ1) is 9.28. The highest BCUT2D eigenvalue weighted by Gasteiger charge is 2.16. The quantitative estimate of drug-likeness (QED) is 0.775. The SMILES string of the molecule is CCNC(Cc1cn2ccsc2n1)c1ccnn1C. The molecule has 0 radical (unpaired) electrons. The lowest BCUT2D eigenvalue weighted by atomic mass is 10.1.